The third kappa shape index (κ3) is 4.42. The predicted octanol–water partition coefficient (Wildman–Crippen LogP) is 4.89. The largest absolute Gasteiger partial charge is 0.508 e. The zero-order chi connectivity index (χ0) is 28.6. The van der Waals surface area contributed by atoms with Gasteiger partial charge in [0.25, 0.3) is 0 Å². The molecule has 6 atom stereocenters. The van der Waals surface area contributed by atoms with E-state index in [0.717, 1.165) is 61.5 Å². The van der Waals surface area contributed by atoms with Crippen LogP contribution in [-0.2, 0) is 12.8 Å². The lowest BCUT2D eigenvalue weighted by atomic mass is 9.74. The van der Waals surface area contributed by atoms with Crippen molar-refractivity contribution in [1.82, 2.24) is 20.2 Å². The lowest BCUT2D eigenvalue weighted by molar-refractivity contribution is 0.107. The fraction of sp³-hybridized carbons (Fsp3) is 0.576. The molecule has 1 aromatic heterocycles. The van der Waals surface area contributed by atoms with Crippen molar-refractivity contribution in [3.8, 4) is 11.8 Å². The molecule has 9 heteroatoms. The van der Waals surface area contributed by atoms with E-state index in [2.05, 4.69) is 22.0 Å². The smallest absolute Gasteiger partial charge is 0.318 e. The van der Waals surface area contributed by atoms with E-state index in [0.29, 0.717) is 54.9 Å². The van der Waals surface area contributed by atoms with Gasteiger partial charge >= 0.3 is 6.01 Å². The number of phenolic OH excluding ortho intramolecular Hbond substituents is 1. The molecule has 0 spiro atoms. The monoisotopic (exact) mass is 575 g/mol. The van der Waals surface area contributed by atoms with E-state index in [9.17, 15) is 9.50 Å². The number of fused-ring (bicyclic) bond motifs is 5. The Labute approximate surface area is 245 Å². The first-order valence-electron chi connectivity index (χ1n) is 15.7. The first kappa shape index (κ1) is 26.6. The highest BCUT2D eigenvalue weighted by Crippen LogP contribution is 2.45. The van der Waals surface area contributed by atoms with Gasteiger partial charge in [0.05, 0.1) is 11.2 Å². The van der Waals surface area contributed by atoms with E-state index in [1.54, 1.807) is 18.2 Å². The molecule has 1 aliphatic carbocycles. The zero-order valence-corrected chi connectivity index (χ0v) is 24.2. The van der Waals surface area contributed by atoms with Crippen LogP contribution in [-0.4, -0.2) is 76.6 Å². The SMILES string of the molecule is CC1Cc2c(nc(OC[C@@]34CCCN3C[C@H](F)C4)nc2N2C[C@H]3CC[C@@H](C2)N3)CC1c1cc(O)cc2cccc(F)c12. The molecule has 42 heavy (non-hydrogen) atoms. The van der Waals surface area contributed by atoms with Crippen LogP contribution in [0.5, 0.6) is 11.8 Å². The Morgan fingerprint density at radius 3 is 2.79 bits per heavy atom. The first-order valence-corrected chi connectivity index (χ1v) is 15.7. The van der Waals surface area contributed by atoms with Crippen LogP contribution in [0.3, 0.4) is 0 Å². The van der Waals surface area contributed by atoms with Gasteiger partial charge in [-0.05, 0) is 86.1 Å². The van der Waals surface area contributed by atoms with Crippen LogP contribution in [0.2, 0.25) is 0 Å². The zero-order valence-electron chi connectivity index (χ0n) is 24.2. The number of benzene rings is 2. The molecule has 2 bridgehead atoms. The van der Waals surface area contributed by atoms with Gasteiger partial charge < -0.3 is 20.1 Å². The van der Waals surface area contributed by atoms with E-state index in [1.165, 1.54) is 18.9 Å². The van der Waals surface area contributed by atoms with E-state index >= 15 is 4.39 Å². The highest BCUT2D eigenvalue weighted by Gasteiger charge is 2.49. The molecule has 4 saturated heterocycles. The average Bonchev–Trinajstić information content (AvgIpc) is 3.61. The number of aromatic nitrogens is 2. The number of hydrogen-bond donors (Lipinski definition) is 2. The topological polar surface area (TPSA) is 73.8 Å². The van der Waals surface area contributed by atoms with Crippen LogP contribution in [0.15, 0.2) is 30.3 Å². The summed E-state index contributed by atoms with van der Waals surface area (Å²) in [6.07, 6.45) is 5.41. The molecule has 2 N–H and O–H groups in total. The molecule has 0 amide bonds. The number of piperazine rings is 1. The maximum Gasteiger partial charge on any atom is 0.318 e. The molecule has 3 aromatic rings. The molecule has 0 saturated carbocycles. The van der Waals surface area contributed by atoms with Gasteiger partial charge in [0, 0.05) is 49.1 Å². The minimum Gasteiger partial charge on any atom is -0.508 e. The molecular formula is C33H39F2N5O2. The van der Waals surface area contributed by atoms with Crippen molar-refractivity contribution in [2.75, 3.05) is 37.7 Å². The Kier molecular flexibility index (Phi) is 6.34. The number of phenols is 1. The molecule has 5 aliphatic rings. The molecule has 2 aromatic carbocycles. The van der Waals surface area contributed by atoms with E-state index in [-0.39, 0.29) is 28.9 Å². The number of ether oxygens (including phenoxy) is 1. The predicted molar refractivity (Wildman–Crippen MR) is 158 cm³/mol. The molecule has 4 aliphatic heterocycles. The molecule has 8 rings (SSSR count). The second-order valence-corrected chi connectivity index (χ2v) is 13.5. The van der Waals surface area contributed by atoms with Crippen molar-refractivity contribution >= 4 is 16.6 Å². The Morgan fingerprint density at radius 1 is 1.12 bits per heavy atom. The molecule has 2 unspecified atom stereocenters. The van der Waals surface area contributed by atoms with Gasteiger partial charge in [0.15, 0.2) is 0 Å². The van der Waals surface area contributed by atoms with Crippen LogP contribution in [0.25, 0.3) is 10.8 Å². The van der Waals surface area contributed by atoms with Crippen LogP contribution < -0.4 is 15.0 Å². The van der Waals surface area contributed by atoms with Gasteiger partial charge in [-0.1, -0.05) is 19.1 Å². The standard InChI is InChI=1S/C33H39F2N5O2/c1-19-10-27-29(13-25(19)26-12-24(41)11-20-4-2-5-28(35)30(20)26)37-32(38-31(27)39-16-22-6-7-23(17-39)36-22)42-18-33-8-3-9-40(33)15-21(34)14-33/h2,4-5,11-12,19,21-23,25,36,41H,3,6-10,13-18H2,1H3/t19?,21-,22-,23+,25?,33+/m1/s1. The van der Waals surface area contributed by atoms with Gasteiger partial charge in [-0.15, -0.1) is 0 Å². The second-order valence-electron chi connectivity index (χ2n) is 13.5. The van der Waals surface area contributed by atoms with Crippen LogP contribution in [0, 0.1) is 11.7 Å². The number of nitrogens with zero attached hydrogens (tertiary/aromatic N) is 4. The van der Waals surface area contributed by atoms with Gasteiger partial charge in [-0.2, -0.15) is 9.97 Å². The van der Waals surface area contributed by atoms with Crippen molar-refractivity contribution < 1.29 is 18.6 Å². The molecule has 7 nitrogen and oxygen atoms in total. The lowest BCUT2D eigenvalue weighted by Gasteiger charge is -2.38. The van der Waals surface area contributed by atoms with E-state index in [1.807, 2.05) is 6.07 Å². The molecule has 4 fully saturated rings. The quantitative estimate of drug-likeness (QED) is 0.449. The summed E-state index contributed by atoms with van der Waals surface area (Å²) in [7, 11) is 0. The van der Waals surface area contributed by atoms with Gasteiger partial charge in [0.2, 0.25) is 0 Å². The van der Waals surface area contributed by atoms with Crippen molar-refractivity contribution in [3.63, 3.8) is 0 Å². The third-order valence-electron chi connectivity index (χ3n) is 10.8. The summed E-state index contributed by atoms with van der Waals surface area (Å²) in [6.45, 7) is 5.80. The fourth-order valence-corrected chi connectivity index (χ4v) is 8.80. The normalized spacial score (nSPS) is 32.4. The van der Waals surface area contributed by atoms with E-state index in [4.69, 9.17) is 14.7 Å². The molecule has 222 valence electrons. The van der Waals surface area contributed by atoms with Crippen LogP contribution in [0.1, 0.15) is 61.8 Å². The number of aromatic hydroxyl groups is 1. The minimum absolute atomic E-state index is 0.0233. The maximum absolute atomic E-state index is 15.2. The third-order valence-corrected chi connectivity index (χ3v) is 10.8. The average molecular weight is 576 g/mol. The molecule has 0 radical (unpaired) electrons. The number of alkyl halides is 1. The number of halogens is 2. The molecular weight excluding hydrogens is 536 g/mol. The maximum atomic E-state index is 15.2. The number of rotatable bonds is 5. The van der Waals surface area contributed by atoms with Crippen LogP contribution in [0.4, 0.5) is 14.6 Å². The summed E-state index contributed by atoms with van der Waals surface area (Å²) in [5.74, 6) is 1.01. The minimum atomic E-state index is -0.815. The van der Waals surface area contributed by atoms with Gasteiger partial charge in [-0.3, -0.25) is 4.90 Å². The summed E-state index contributed by atoms with van der Waals surface area (Å²) in [4.78, 5) is 14.7. The fourth-order valence-electron chi connectivity index (χ4n) is 8.80. The Hall–Kier alpha value is -3.04. The summed E-state index contributed by atoms with van der Waals surface area (Å²) in [5, 5.41) is 15.6. The van der Waals surface area contributed by atoms with E-state index < -0.39 is 6.17 Å². The summed E-state index contributed by atoms with van der Waals surface area (Å²) >= 11 is 0. The number of hydrogen-bond acceptors (Lipinski definition) is 7. The number of nitrogens with one attached hydrogen (secondary N) is 1. The first-order chi connectivity index (χ1) is 20.3. The summed E-state index contributed by atoms with van der Waals surface area (Å²) in [6, 6.07) is 9.66. The second kappa shape index (κ2) is 10.0. The van der Waals surface area contributed by atoms with Crippen molar-refractivity contribution in [2.45, 2.75) is 81.6 Å². The van der Waals surface area contributed by atoms with Crippen molar-refractivity contribution in [1.29, 1.82) is 0 Å². The van der Waals surface area contributed by atoms with Crippen molar-refractivity contribution in [3.05, 3.63) is 53.0 Å². The Morgan fingerprint density at radius 2 is 1.95 bits per heavy atom. The number of anilines is 1. The van der Waals surface area contributed by atoms with Crippen LogP contribution >= 0.6 is 0 Å². The van der Waals surface area contributed by atoms with Gasteiger partial charge in [-0.25, -0.2) is 8.78 Å². The Balaban J connectivity index is 1.17. The van der Waals surface area contributed by atoms with Gasteiger partial charge in [0.1, 0.15) is 30.2 Å². The lowest BCUT2D eigenvalue weighted by Crippen LogP contribution is -2.52. The summed E-state index contributed by atoms with van der Waals surface area (Å²) < 4.78 is 36.1. The Bertz CT molecular complexity index is 1520. The highest BCUT2D eigenvalue weighted by molar-refractivity contribution is 5.88. The van der Waals surface area contributed by atoms with Crippen molar-refractivity contribution in [2.24, 2.45) is 5.92 Å². The molecule has 5 heterocycles. The summed E-state index contributed by atoms with van der Waals surface area (Å²) in [5.41, 5.74) is 2.64. The highest BCUT2D eigenvalue weighted by atomic mass is 19.1.